The zero-order valence-corrected chi connectivity index (χ0v) is 17.6. The average molecular weight is 445 g/mol. The summed E-state index contributed by atoms with van der Waals surface area (Å²) in [6, 6.07) is 18.3. The first-order valence-electron chi connectivity index (χ1n) is 10.1. The summed E-state index contributed by atoms with van der Waals surface area (Å²) in [5.41, 5.74) is 2.16. The fourth-order valence-electron chi connectivity index (χ4n) is 3.32. The number of fused-ring (bicyclic) bond motifs is 1. The second-order valence-electron chi connectivity index (χ2n) is 7.29. The molecule has 0 amide bonds. The number of allylic oxidation sites excluding steroid dienone is 1. The Hall–Kier alpha value is -4.46. The zero-order chi connectivity index (χ0) is 23.4. The molecule has 0 N–H and O–H groups in total. The Labute approximate surface area is 189 Å². The molecule has 166 valence electrons. The quantitative estimate of drug-likeness (QED) is 0.226. The fourth-order valence-corrected chi connectivity index (χ4v) is 3.32. The molecular weight excluding hydrogens is 426 g/mol. The number of Topliss-reactive ketones (excluding diaryl/α,β-unsaturated/α-hetero) is 1. The highest BCUT2D eigenvalue weighted by Crippen LogP contribution is 2.39. The van der Waals surface area contributed by atoms with Crippen molar-refractivity contribution in [3.05, 3.63) is 105 Å². The van der Waals surface area contributed by atoms with Crippen LogP contribution < -0.4 is 9.47 Å². The predicted octanol–water partition coefficient (Wildman–Crippen LogP) is 4.64. The summed E-state index contributed by atoms with van der Waals surface area (Å²) in [5.74, 6) is -0.106. The molecule has 33 heavy (non-hydrogen) atoms. The van der Waals surface area contributed by atoms with Crippen LogP contribution in [0.2, 0.25) is 0 Å². The minimum absolute atomic E-state index is 0.0491. The SMILES string of the molecule is Cc1c(OCC(=O)OCc2ccccc2)ccc2c1O/C(=C\c1cccc([N+](=O)[O-])c1)C2=O. The number of non-ortho nitro benzene ring substituents is 1. The fraction of sp³-hybridized carbons (Fsp3) is 0.120. The number of nitro groups is 1. The first-order chi connectivity index (χ1) is 15.9. The first kappa shape index (κ1) is 21.8. The van der Waals surface area contributed by atoms with Crippen LogP contribution in [0.1, 0.15) is 27.0 Å². The minimum Gasteiger partial charge on any atom is -0.481 e. The highest BCUT2D eigenvalue weighted by atomic mass is 16.6. The van der Waals surface area contributed by atoms with Gasteiger partial charge in [-0.2, -0.15) is 0 Å². The van der Waals surface area contributed by atoms with Gasteiger partial charge in [0.05, 0.1) is 10.5 Å². The molecule has 1 aliphatic heterocycles. The largest absolute Gasteiger partial charge is 0.481 e. The van der Waals surface area contributed by atoms with E-state index in [-0.39, 0.29) is 30.4 Å². The monoisotopic (exact) mass is 445 g/mol. The third-order valence-electron chi connectivity index (χ3n) is 5.00. The molecule has 1 heterocycles. The van der Waals surface area contributed by atoms with E-state index in [9.17, 15) is 19.7 Å². The van der Waals surface area contributed by atoms with Gasteiger partial charge in [0.2, 0.25) is 5.78 Å². The number of hydrogen-bond acceptors (Lipinski definition) is 7. The molecule has 0 aromatic heterocycles. The number of nitrogens with zero attached hydrogens (tertiary/aromatic N) is 1. The maximum absolute atomic E-state index is 12.7. The van der Waals surface area contributed by atoms with Gasteiger partial charge in [-0.05, 0) is 36.3 Å². The molecular formula is C25H19NO7. The van der Waals surface area contributed by atoms with Gasteiger partial charge in [0.15, 0.2) is 12.4 Å². The third-order valence-corrected chi connectivity index (χ3v) is 5.00. The maximum atomic E-state index is 12.7. The summed E-state index contributed by atoms with van der Waals surface area (Å²) in [7, 11) is 0. The number of carbonyl (C=O) groups excluding carboxylic acids is 2. The standard InChI is InChI=1S/C25H19NO7/c1-16-21(31-15-23(27)32-14-17-6-3-2-4-7-17)11-10-20-24(28)22(33-25(16)20)13-18-8-5-9-19(12-18)26(29)30/h2-13H,14-15H2,1H3/b22-13-. The van der Waals surface area contributed by atoms with Gasteiger partial charge in [0, 0.05) is 17.7 Å². The molecule has 0 atom stereocenters. The summed E-state index contributed by atoms with van der Waals surface area (Å²) < 4.78 is 16.5. The van der Waals surface area contributed by atoms with E-state index in [0.717, 1.165) is 5.56 Å². The van der Waals surface area contributed by atoms with Crippen LogP contribution in [-0.2, 0) is 16.1 Å². The number of esters is 1. The molecule has 0 saturated heterocycles. The number of benzene rings is 3. The van der Waals surface area contributed by atoms with Crippen molar-refractivity contribution in [2.24, 2.45) is 0 Å². The Morgan fingerprint density at radius 3 is 2.64 bits per heavy atom. The first-order valence-corrected chi connectivity index (χ1v) is 10.1. The number of nitro benzene ring substituents is 1. The molecule has 0 unspecified atom stereocenters. The van der Waals surface area contributed by atoms with Gasteiger partial charge >= 0.3 is 5.97 Å². The lowest BCUT2D eigenvalue weighted by molar-refractivity contribution is -0.384. The molecule has 3 aromatic rings. The van der Waals surface area contributed by atoms with Crippen molar-refractivity contribution in [1.82, 2.24) is 0 Å². The van der Waals surface area contributed by atoms with Crippen LogP contribution in [0.4, 0.5) is 5.69 Å². The predicted molar refractivity (Wildman–Crippen MR) is 119 cm³/mol. The van der Waals surface area contributed by atoms with Crippen LogP contribution in [0.3, 0.4) is 0 Å². The van der Waals surface area contributed by atoms with Gasteiger partial charge in [-0.1, -0.05) is 42.5 Å². The lowest BCUT2D eigenvalue weighted by Crippen LogP contribution is -2.15. The highest BCUT2D eigenvalue weighted by molar-refractivity contribution is 6.15. The number of carbonyl (C=O) groups is 2. The van der Waals surface area contributed by atoms with Crippen molar-refractivity contribution >= 4 is 23.5 Å². The molecule has 0 aliphatic carbocycles. The Morgan fingerprint density at radius 1 is 1.09 bits per heavy atom. The molecule has 3 aromatic carbocycles. The third kappa shape index (κ3) is 4.90. The minimum atomic E-state index is -0.526. The summed E-state index contributed by atoms with van der Waals surface area (Å²) in [4.78, 5) is 35.2. The van der Waals surface area contributed by atoms with E-state index in [1.54, 1.807) is 25.1 Å². The molecule has 8 heteroatoms. The number of hydrogen-bond donors (Lipinski definition) is 0. The summed E-state index contributed by atoms with van der Waals surface area (Å²) in [6.45, 7) is 1.57. The normalized spacial score (nSPS) is 13.4. The van der Waals surface area contributed by atoms with Gasteiger partial charge in [-0.25, -0.2) is 4.79 Å². The van der Waals surface area contributed by atoms with E-state index >= 15 is 0 Å². The molecule has 8 nitrogen and oxygen atoms in total. The average Bonchev–Trinajstić information content (AvgIpc) is 3.14. The van der Waals surface area contributed by atoms with Gasteiger partial charge in [-0.3, -0.25) is 14.9 Å². The molecule has 1 aliphatic rings. The van der Waals surface area contributed by atoms with Gasteiger partial charge < -0.3 is 14.2 Å². The van der Waals surface area contributed by atoms with Crippen molar-refractivity contribution in [2.45, 2.75) is 13.5 Å². The van der Waals surface area contributed by atoms with Crippen LogP contribution in [0.15, 0.2) is 72.5 Å². The van der Waals surface area contributed by atoms with Crippen molar-refractivity contribution in [1.29, 1.82) is 0 Å². The van der Waals surface area contributed by atoms with E-state index < -0.39 is 10.9 Å². The molecule has 4 rings (SSSR count). The maximum Gasteiger partial charge on any atom is 0.344 e. The topological polar surface area (TPSA) is 105 Å². The molecule has 0 fully saturated rings. The number of ether oxygens (including phenoxy) is 3. The lowest BCUT2D eigenvalue weighted by atomic mass is 10.1. The van der Waals surface area contributed by atoms with Crippen molar-refractivity contribution in [3.63, 3.8) is 0 Å². The molecule has 0 saturated carbocycles. The van der Waals surface area contributed by atoms with E-state index in [4.69, 9.17) is 14.2 Å². The van der Waals surface area contributed by atoms with Crippen molar-refractivity contribution in [2.75, 3.05) is 6.61 Å². The van der Waals surface area contributed by atoms with E-state index in [1.165, 1.54) is 24.3 Å². The van der Waals surface area contributed by atoms with Crippen LogP contribution >= 0.6 is 0 Å². The summed E-state index contributed by atoms with van der Waals surface area (Å²) in [6.07, 6.45) is 1.45. The van der Waals surface area contributed by atoms with E-state index in [1.807, 2.05) is 30.3 Å². The van der Waals surface area contributed by atoms with Gasteiger partial charge in [-0.15, -0.1) is 0 Å². The lowest BCUT2D eigenvalue weighted by Gasteiger charge is -2.11. The van der Waals surface area contributed by atoms with Gasteiger partial charge in [0.25, 0.3) is 5.69 Å². The van der Waals surface area contributed by atoms with E-state index in [0.29, 0.717) is 28.2 Å². The van der Waals surface area contributed by atoms with E-state index in [2.05, 4.69) is 0 Å². The smallest absolute Gasteiger partial charge is 0.344 e. The van der Waals surface area contributed by atoms with Crippen molar-refractivity contribution < 1.29 is 28.7 Å². The summed E-state index contributed by atoms with van der Waals surface area (Å²) in [5, 5.41) is 11.0. The molecule has 0 spiro atoms. The van der Waals surface area contributed by atoms with Crippen LogP contribution in [-0.4, -0.2) is 23.3 Å². The van der Waals surface area contributed by atoms with Crippen molar-refractivity contribution in [3.8, 4) is 11.5 Å². The van der Waals surface area contributed by atoms with Crippen LogP contribution in [0, 0.1) is 17.0 Å². The number of ketones is 1. The second kappa shape index (κ2) is 9.35. The van der Waals surface area contributed by atoms with Crippen LogP contribution in [0.25, 0.3) is 6.08 Å². The highest BCUT2D eigenvalue weighted by Gasteiger charge is 2.30. The Kier molecular flexibility index (Phi) is 6.17. The zero-order valence-electron chi connectivity index (χ0n) is 17.6. The van der Waals surface area contributed by atoms with Crippen LogP contribution in [0.5, 0.6) is 11.5 Å². The Morgan fingerprint density at radius 2 is 1.88 bits per heavy atom. The Balaban J connectivity index is 1.44. The number of rotatable bonds is 7. The second-order valence-corrected chi connectivity index (χ2v) is 7.29. The summed E-state index contributed by atoms with van der Waals surface area (Å²) >= 11 is 0. The molecule has 0 bridgehead atoms. The van der Waals surface area contributed by atoms with Gasteiger partial charge in [0.1, 0.15) is 18.1 Å². The Bertz CT molecular complexity index is 1270. The molecule has 0 radical (unpaired) electrons.